The minimum Gasteiger partial charge on any atom is -0.262 e. The van der Waals surface area contributed by atoms with Gasteiger partial charge in [0, 0.05) is 5.02 Å². The number of hydrogen-bond acceptors (Lipinski definition) is 2. The molecular weight excluding hydrogens is 354 g/mol. The van der Waals surface area contributed by atoms with Crippen molar-refractivity contribution >= 4 is 27.3 Å². The average Bonchev–Trinajstić information content (AvgIpc) is 2.62. The van der Waals surface area contributed by atoms with Gasteiger partial charge in [-0.15, -0.1) is 0 Å². The summed E-state index contributed by atoms with van der Waals surface area (Å²) in [5, 5.41) is 0.546. The number of aryl methyl sites for hydroxylation is 1. The van der Waals surface area contributed by atoms with Crippen molar-refractivity contribution in [2.45, 2.75) is 18.4 Å². The number of hydrogen-bond donors (Lipinski definition) is 0. The Bertz CT molecular complexity index is 972. The zero-order valence-electron chi connectivity index (χ0n) is 13.8. The van der Waals surface area contributed by atoms with Crippen molar-refractivity contribution in [2.75, 3.05) is 4.31 Å². The van der Waals surface area contributed by atoms with Crippen LogP contribution in [0.4, 0.5) is 5.69 Å². The highest BCUT2D eigenvalue weighted by Gasteiger charge is 2.26. The third-order valence-corrected chi connectivity index (χ3v) is 6.13. The summed E-state index contributed by atoms with van der Waals surface area (Å²) in [6.45, 7) is 2.07. The molecule has 25 heavy (non-hydrogen) atoms. The molecule has 3 rings (SSSR count). The minimum absolute atomic E-state index is 0.168. The van der Waals surface area contributed by atoms with Crippen LogP contribution in [0.25, 0.3) is 0 Å². The Morgan fingerprint density at radius 1 is 0.840 bits per heavy atom. The van der Waals surface area contributed by atoms with E-state index in [0.29, 0.717) is 10.7 Å². The second-order valence-corrected chi connectivity index (χ2v) is 7.97. The van der Waals surface area contributed by atoms with Crippen LogP contribution in [0.15, 0.2) is 83.8 Å². The molecule has 5 heteroatoms. The van der Waals surface area contributed by atoms with Gasteiger partial charge in [0.2, 0.25) is 0 Å². The fraction of sp³-hybridized carbons (Fsp3) is 0.100. The predicted octanol–water partition coefficient (Wildman–Crippen LogP) is 5.04. The molecule has 0 atom stereocenters. The van der Waals surface area contributed by atoms with E-state index in [1.54, 1.807) is 36.4 Å². The zero-order valence-corrected chi connectivity index (χ0v) is 15.3. The molecule has 0 unspecified atom stereocenters. The highest BCUT2D eigenvalue weighted by atomic mass is 35.5. The molecule has 0 aliphatic carbocycles. The third kappa shape index (κ3) is 3.70. The van der Waals surface area contributed by atoms with Crippen molar-refractivity contribution in [3.8, 4) is 0 Å². The molecule has 3 nitrogen and oxygen atoms in total. The van der Waals surface area contributed by atoms with Gasteiger partial charge in [-0.1, -0.05) is 66.2 Å². The normalized spacial score (nSPS) is 11.3. The van der Waals surface area contributed by atoms with Gasteiger partial charge in [-0.25, -0.2) is 8.42 Å². The third-order valence-electron chi connectivity index (χ3n) is 3.99. The Kier molecular flexibility index (Phi) is 5.11. The van der Waals surface area contributed by atoms with Crippen LogP contribution in [-0.4, -0.2) is 8.42 Å². The van der Waals surface area contributed by atoms with Crippen molar-refractivity contribution in [2.24, 2.45) is 0 Å². The van der Waals surface area contributed by atoms with Crippen LogP contribution in [0.5, 0.6) is 0 Å². The number of benzene rings is 3. The largest absolute Gasteiger partial charge is 0.264 e. The van der Waals surface area contributed by atoms with E-state index in [1.165, 1.54) is 4.31 Å². The summed E-state index contributed by atoms with van der Waals surface area (Å²) in [7, 11) is -3.72. The lowest BCUT2D eigenvalue weighted by molar-refractivity contribution is 0.590. The number of nitrogens with zero attached hydrogens (tertiary/aromatic N) is 1. The Balaban J connectivity index is 2.13. The van der Waals surface area contributed by atoms with E-state index in [0.717, 1.165) is 11.1 Å². The van der Waals surface area contributed by atoms with E-state index >= 15 is 0 Å². The first-order chi connectivity index (χ1) is 12.0. The maximum absolute atomic E-state index is 13.3. The van der Waals surface area contributed by atoms with Crippen LogP contribution in [0.3, 0.4) is 0 Å². The van der Waals surface area contributed by atoms with Crippen molar-refractivity contribution in [1.82, 2.24) is 0 Å². The van der Waals surface area contributed by atoms with E-state index in [4.69, 9.17) is 11.6 Å². The van der Waals surface area contributed by atoms with Gasteiger partial charge in [-0.3, -0.25) is 4.31 Å². The maximum atomic E-state index is 13.3. The van der Waals surface area contributed by atoms with Gasteiger partial charge < -0.3 is 0 Å². The van der Waals surface area contributed by atoms with Crippen LogP contribution in [0.1, 0.15) is 11.1 Å². The summed E-state index contributed by atoms with van der Waals surface area (Å²) in [5.41, 5.74) is 2.28. The highest BCUT2D eigenvalue weighted by molar-refractivity contribution is 7.92. The van der Waals surface area contributed by atoms with Gasteiger partial charge >= 0.3 is 0 Å². The molecule has 0 N–H and O–H groups in total. The molecule has 0 saturated carbocycles. The minimum atomic E-state index is -3.72. The standard InChI is InChI=1S/C20H18ClNO2S/c1-16-9-5-8-14-20(16)22(15-17-10-6-7-13-19(17)21)25(23,24)18-11-3-2-4-12-18/h2-14H,15H2,1H3. The van der Waals surface area contributed by atoms with Crippen molar-refractivity contribution in [3.63, 3.8) is 0 Å². The average molecular weight is 372 g/mol. The Labute approximate surface area is 153 Å². The quantitative estimate of drug-likeness (QED) is 0.629. The maximum Gasteiger partial charge on any atom is 0.264 e. The first-order valence-corrected chi connectivity index (χ1v) is 9.69. The number of rotatable bonds is 5. The van der Waals surface area contributed by atoms with E-state index in [9.17, 15) is 8.42 Å². The summed E-state index contributed by atoms with van der Waals surface area (Å²) in [5.74, 6) is 0. The molecule has 0 heterocycles. The fourth-order valence-electron chi connectivity index (χ4n) is 2.64. The number of sulfonamides is 1. The number of para-hydroxylation sites is 1. The van der Waals surface area contributed by atoms with Gasteiger partial charge in [0.25, 0.3) is 10.0 Å². The van der Waals surface area contributed by atoms with Gasteiger partial charge in [-0.2, -0.15) is 0 Å². The summed E-state index contributed by atoms with van der Waals surface area (Å²) < 4.78 is 28.0. The molecule has 0 amide bonds. The van der Waals surface area contributed by atoms with Gasteiger partial charge in [0.1, 0.15) is 0 Å². The Hall–Kier alpha value is -2.30. The monoisotopic (exact) mass is 371 g/mol. The first-order valence-electron chi connectivity index (χ1n) is 7.87. The number of anilines is 1. The Morgan fingerprint density at radius 3 is 2.12 bits per heavy atom. The van der Waals surface area contributed by atoms with E-state index < -0.39 is 10.0 Å². The highest BCUT2D eigenvalue weighted by Crippen LogP contribution is 2.30. The van der Waals surface area contributed by atoms with Crippen LogP contribution in [0, 0.1) is 6.92 Å². The number of halogens is 1. The van der Waals surface area contributed by atoms with Crippen molar-refractivity contribution in [1.29, 1.82) is 0 Å². The van der Waals surface area contributed by atoms with Crippen LogP contribution in [0.2, 0.25) is 5.02 Å². The summed E-state index contributed by atoms with van der Waals surface area (Å²) >= 11 is 6.27. The van der Waals surface area contributed by atoms with Crippen LogP contribution in [-0.2, 0) is 16.6 Å². The predicted molar refractivity (Wildman–Crippen MR) is 102 cm³/mol. The molecule has 0 fully saturated rings. The van der Waals surface area contributed by atoms with E-state index in [2.05, 4.69) is 0 Å². The van der Waals surface area contributed by atoms with Crippen LogP contribution < -0.4 is 4.31 Å². The molecule has 0 aromatic heterocycles. The zero-order chi connectivity index (χ0) is 17.9. The molecule has 0 bridgehead atoms. The molecule has 0 aliphatic heterocycles. The molecule has 0 aliphatic rings. The molecule has 0 spiro atoms. The molecule has 0 saturated heterocycles. The van der Waals surface area contributed by atoms with E-state index in [1.807, 2.05) is 49.4 Å². The summed E-state index contributed by atoms with van der Waals surface area (Å²) in [6, 6.07) is 23.2. The molecule has 128 valence electrons. The van der Waals surface area contributed by atoms with Crippen molar-refractivity contribution in [3.05, 3.63) is 95.0 Å². The second kappa shape index (κ2) is 7.30. The first kappa shape index (κ1) is 17.5. The summed E-state index contributed by atoms with van der Waals surface area (Å²) in [4.78, 5) is 0.255. The van der Waals surface area contributed by atoms with Crippen LogP contribution >= 0.6 is 11.6 Å². The fourth-order valence-corrected chi connectivity index (χ4v) is 4.37. The molecule has 0 radical (unpaired) electrons. The van der Waals surface area contributed by atoms with Crippen molar-refractivity contribution < 1.29 is 8.42 Å². The topological polar surface area (TPSA) is 37.4 Å². The molecule has 3 aromatic rings. The summed E-state index contributed by atoms with van der Waals surface area (Å²) in [6.07, 6.45) is 0. The molecule has 3 aromatic carbocycles. The van der Waals surface area contributed by atoms with Gasteiger partial charge in [0.05, 0.1) is 17.1 Å². The lowest BCUT2D eigenvalue weighted by Crippen LogP contribution is -2.31. The van der Waals surface area contributed by atoms with Gasteiger partial charge in [0.15, 0.2) is 0 Å². The SMILES string of the molecule is Cc1ccccc1N(Cc1ccccc1Cl)S(=O)(=O)c1ccccc1. The smallest absolute Gasteiger partial charge is 0.262 e. The lowest BCUT2D eigenvalue weighted by atomic mass is 10.2. The lowest BCUT2D eigenvalue weighted by Gasteiger charge is -2.26. The second-order valence-electron chi connectivity index (χ2n) is 5.70. The van der Waals surface area contributed by atoms with Gasteiger partial charge in [-0.05, 0) is 42.3 Å². The Morgan fingerprint density at radius 2 is 1.44 bits per heavy atom. The molecular formula is C20H18ClNO2S. The van der Waals surface area contributed by atoms with E-state index in [-0.39, 0.29) is 11.4 Å².